The van der Waals surface area contributed by atoms with Crippen LogP contribution in [0.1, 0.15) is 6.42 Å². The molecule has 1 saturated heterocycles. The molecule has 3 rings (SSSR count). The number of fused-ring (bicyclic) bond motifs is 1. The van der Waals surface area contributed by atoms with E-state index in [1.54, 1.807) is 0 Å². The number of H-pyrrole nitrogens is 1. The lowest BCUT2D eigenvalue weighted by Gasteiger charge is -2.10. The molecule has 1 aromatic carbocycles. The normalized spacial score (nSPS) is 20.4. The smallest absolute Gasteiger partial charge is 0.145 e. The Morgan fingerprint density at radius 1 is 1.38 bits per heavy atom. The first-order valence-corrected chi connectivity index (χ1v) is 5.85. The molecule has 0 amide bonds. The molecule has 1 atom stereocenters. The molecule has 84 valence electrons. The Balaban J connectivity index is 1.91. The van der Waals surface area contributed by atoms with Crippen molar-refractivity contribution in [2.24, 2.45) is 0 Å². The summed E-state index contributed by atoms with van der Waals surface area (Å²) in [4.78, 5) is 3.17. The lowest BCUT2D eigenvalue weighted by molar-refractivity contribution is 0.226. The van der Waals surface area contributed by atoms with Crippen molar-refractivity contribution in [1.82, 2.24) is 10.3 Å². The monoisotopic (exact) mass is 236 g/mol. The lowest BCUT2D eigenvalue weighted by Crippen LogP contribution is -2.19. The van der Waals surface area contributed by atoms with E-state index in [1.807, 2.05) is 24.4 Å². The molecule has 2 aromatic rings. The van der Waals surface area contributed by atoms with Crippen molar-refractivity contribution in [3.63, 3.8) is 0 Å². The number of benzene rings is 1. The Hall–Kier alpha value is -1.19. The molecule has 0 aliphatic carbocycles. The van der Waals surface area contributed by atoms with Crippen LogP contribution in [0.5, 0.6) is 5.75 Å². The number of aromatic amines is 1. The van der Waals surface area contributed by atoms with Gasteiger partial charge in [-0.1, -0.05) is 11.6 Å². The van der Waals surface area contributed by atoms with Crippen LogP contribution in [0.25, 0.3) is 10.9 Å². The van der Waals surface area contributed by atoms with E-state index < -0.39 is 0 Å². The van der Waals surface area contributed by atoms with Gasteiger partial charge in [0.05, 0.1) is 5.52 Å². The van der Waals surface area contributed by atoms with Gasteiger partial charge in [-0.05, 0) is 31.2 Å². The molecule has 16 heavy (non-hydrogen) atoms. The molecule has 1 aliphatic rings. The molecule has 0 saturated carbocycles. The zero-order chi connectivity index (χ0) is 11.0. The number of hydrogen-bond donors (Lipinski definition) is 2. The minimum absolute atomic E-state index is 0.287. The first-order chi connectivity index (χ1) is 7.83. The van der Waals surface area contributed by atoms with E-state index in [9.17, 15) is 0 Å². The summed E-state index contributed by atoms with van der Waals surface area (Å²) in [5.41, 5.74) is 1.02. The SMILES string of the molecule is Clc1ccc2c(OC3CCNC3)c[nH]c2c1. The average molecular weight is 237 g/mol. The van der Waals surface area contributed by atoms with Gasteiger partial charge in [-0.15, -0.1) is 0 Å². The Bertz CT molecular complexity index is 503. The summed E-state index contributed by atoms with van der Waals surface area (Å²) in [6, 6.07) is 5.79. The van der Waals surface area contributed by atoms with Crippen LogP contribution in [-0.2, 0) is 0 Å². The maximum absolute atomic E-state index is 5.93. The second-order valence-corrected chi connectivity index (χ2v) is 4.51. The number of rotatable bonds is 2. The minimum atomic E-state index is 0.287. The van der Waals surface area contributed by atoms with Gasteiger partial charge in [-0.25, -0.2) is 0 Å². The largest absolute Gasteiger partial charge is 0.487 e. The zero-order valence-electron chi connectivity index (χ0n) is 8.79. The van der Waals surface area contributed by atoms with Gasteiger partial charge < -0.3 is 15.0 Å². The van der Waals surface area contributed by atoms with Gasteiger partial charge in [-0.2, -0.15) is 0 Å². The number of aromatic nitrogens is 1. The lowest BCUT2D eigenvalue weighted by atomic mass is 10.2. The average Bonchev–Trinajstić information content (AvgIpc) is 2.89. The Morgan fingerprint density at radius 2 is 2.31 bits per heavy atom. The fourth-order valence-corrected chi connectivity index (χ4v) is 2.25. The second kappa shape index (κ2) is 4.00. The number of nitrogens with one attached hydrogen (secondary N) is 2. The summed E-state index contributed by atoms with van der Waals surface area (Å²) in [7, 11) is 0. The topological polar surface area (TPSA) is 37.0 Å². The number of halogens is 1. The van der Waals surface area contributed by atoms with Crippen LogP contribution in [0.4, 0.5) is 0 Å². The van der Waals surface area contributed by atoms with Crippen LogP contribution in [-0.4, -0.2) is 24.2 Å². The molecule has 2 heterocycles. The van der Waals surface area contributed by atoms with Gasteiger partial charge in [-0.3, -0.25) is 0 Å². The van der Waals surface area contributed by atoms with Crippen molar-refractivity contribution in [2.75, 3.05) is 13.1 Å². The second-order valence-electron chi connectivity index (χ2n) is 4.08. The highest BCUT2D eigenvalue weighted by Gasteiger charge is 2.17. The van der Waals surface area contributed by atoms with Gasteiger partial charge in [0.1, 0.15) is 11.9 Å². The van der Waals surface area contributed by atoms with Gasteiger partial charge in [0, 0.05) is 23.2 Å². The summed E-state index contributed by atoms with van der Waals surface area (Å²) in [6.45, 7) is 1.97. The number of ether oxygens (including phenoxy) is 1. The summed E-state index contributed by atoms with van der Waals surface area (Å²) >= 11 is 5.93. The third kappa shape index (κ3) is 1.77. The molecule has 1 unspecified atom stereocenters. The van der Waals surface area contributed by atoms with E-state index in [-0.39, 0.29) is 6.10 Å². The van der Waals surface area contributed by atoms with E-state index in [0.717, 1.165) is 41.2 Å². The third-order valence-electron chi connectivity index (χ3n) is 2.91. The maximum atomic E-state index is 5.93. The van der Waals surface area contributed by atoms with Crippen LogP contribution in [0.15, 0.2) is 24.4 Å². The molecule has 2 N–H and O–H groups in total. The molecule has 0 spiro atoms. The zero-order valence-corrected chi connectivity index (χ0v) is 9.55. The molecule has 0 bridgehead atoms. The molecule has 0 radical (unpaired) electrons. The van der Waals surface area contributed by atoms with Crippen LogP contribution < -0.4 is 10.1 Å². The molecule has 3 nitrogen and oxygen atoms in total. The van der Waals surface area contributed by atoms with E-state index in [0.29, 0.717) is 0 Å². The number of hydrogen-bond acceptors (Lipinski definition) is 2. The van der Waals surface area contributed by atoms with Crippen molar-refractivity contribution in [3.05, 3.63) is 29.4 Å². The van der Waals surface area contributed by atoms with Crippen LogP contribution in [0, 0.1) is 0 Å². The Morgan fingerprint density at radius 3 is 3.12 bits per heavy atom. The first kappa shape index (κ1) is 10.00. The maximum Gasteiger partial charge on any atom is 0.145 e. The molecule has 1 aliphatic heterocycles. The predicted octanol–water partition coefficient (Wildman–Crippen LogP) is 2.56. The highest BCUT2D eigenvalue weighted by Crippen LogP contribution is 2.28. The van der Waals surface area contributed by atoms with Crippen molar-refractivity contribution >= 4 is 22.5 Å². The summed E-state index contributed by atoms with van der Waals surface area (Å²) in [6.07, 6.45) is 3.26. The van der Waals surface area contributed by atoms with E-state index in [2.05, 4.69) is 10.3 Å². The van der Waals surface area contributed by atoms with Crippen LogP contribution >= 0.6 is 11.6 Å². The van der Waals surface area contributed by atoms with Crippen molar-refractivity contribution in [1.29, 1.82) is 0 Å². The van der Waals surface area contributed by atoms with Gasteiger partial charge in [0.25, 0.3) is 0 Å². The van der Waals surface area contributed by atoms with Crippen molar-refractivity contribution in [2.45, 2.75) is 12.5 Å². The Labute approximate surface area is 98.7 Å². The van der Waals surface area contributed by atoms with Crippen molar-refractivity contribution in [3.8, 4) is 5.75 Å². The van der Waals surface area contributed by atoms with Crippen LogP contribution in [0.3, 0.4) is 0 Å². The quantitative estimate of drug-likeness (QED) is 0.841. The van der Waals surface area contributed by atoms with Gasteiger partial charge in [0.2, 0.25) is 0 Å². The van der Waals surface area contributed by atoms with Gasteiger partial charge in [0.15, 0.2) is 0 Å². The van der Waals surface area contributed by atoms with E-state index in [1.165, 1.54) is 0 Å². The van der Waals surface area contributed by atoms with Crippen molar-refractivity contribution < 1.29 is 4.74 Å². The Kier molecular flexibility index (Phi) is 2.50. The molecular formula is C12H13ClN2O. The predicted molar refractivity (Wildman–Crippen MR) is 65.2 cm³/mol. The van der Waals surface area contributed by atoms with Crippen LogP contribution in [0.2, 0.25) is 5.02 Å². The highest BCUT2D eigenvalue weighted by atomic mass is 35.5. The molecule has 1 fully saturated rings. The fraction of sp³-hybridized carbons (Fsp3) is 0.333. The third-order valence-corrected chi connectivity index (χ3v) is 3.15. The molecule has 4 heteroatoms. The molecular weight excluding hydrogens is 224 g/mol. The highest BCUT2D eigenvalue weighted by molar-refractivity contribution is 6.31. The summed E-state index contributed by atoms with van der Waals surface area (Å²) < 4.78 is 5.93. The standard InChI is InChI=1S/C12H13ClN2O/c13-8-1-2-10-11(5-8)15-7-12(10)16-9-3-4-14-6-9/h1-2,5,7,9,14-15H,3-4,6H2. The molecule has 1 aromatic heterocycles. The van der Waals surface area contributed by atoms with Gasteiger partial charge >= 0.3 is 0 Å². The van der Waals surface area contributed by atoms with E-state index >= 15 is 0 Å². The summed E-state index contributed by atoms with van der Waals surface area (Å²) in [5, 5.41) is 5.12. The minimum Gasteiger partial charge on any atom is -0.487 e. The fourth-order valence-electron chi connectivity index (χ4n) is 2.08. The van der Waals surface area contributed by atoms with E-state index in [4.69, 9.17) is 16.3 Å². The summed E-state index contributed by atoms with van der Waals surface area (Å²) in [5.74, 6) is 0.917. The first-order valence-electron chi connectivity index (χ1n) is 5.47.